The van der Waals surface area contributed by atoms with E-state index in [1.54, 1.807) is 18.1 Å². The molecule has 0 N–H and O–H groups in total. The number of methoxy groups -OCH3 is 1. The lowest BCUT2D eigenvalue weighted by Gasteiger charge is -2.27. The van der Waals surface area contributed by atoms with E-state index in [4.69, 9.17) is 14.2 Å². The highest BCUT2D eigenvalue weighted by molar-refractivity contribution is 5.68. The van der Waals surface area contributed by atoms with Crippen molar-refractivity contribution in [1.82, 2.24) is 4.90 Å². The molecule has 1 amide bonds. The second-order valence-electron chi connectivity index (χ2n) is 7.78. The van der Waals surface area contributed by atoms with Gasteiger partial charge in [0.25, 0.3) is 0 Å². The summed E-state index contributed by atoms with van der Waals surface area (Å²) in [4.78, 5) is 14.3. The molecular weight excluding hydrogens is 366 g/mol. The molecule has 0 aliphatic rings. The van der Waals surface area contributed by atoms with E-state index in [9.17, 15) is 4.79 Å². The van der Waals surface area contributed by atoms with Gasteiger partial charge < -0.3 is 19.1 Å². The molecule has 0 atom stereocenters. The van der Waals surface area contributed by atoms with E-state index in [1.807, 2.05) is 69.3 Å². The zero-order valence-corrected chi connectivity index (χ0v) is 17.8. The molecule has 0 aromatic heterocycles. The van der Waals surface area contributed by atoms with Gasteiger partial charge >= 0.3 is 6.09 Å². The minimum Gasteiger partial charge on any atom is -0.489 e. The third-order valence-corrected chi connectivity index (χ3v) is 4.06. The highest BCUT2D eigenvalue weighted by Crippen LogP contribution is 2.22. The first-order valence-corrected chi connectivity index (χ1v) is 9.70. The van der Waals surface area contributed by atoms with Crippen LogP contribution in [0.15, 0.2) is 55.1 Å². The van der Waals surface area contributed by atoms with E-state index in [2.05, 4.69) is 6.58 Å². The summed E-state index contributed by atoms with van der Waals surface area (Å²) in [6.45, 7) is 11.2. The topological polar surface area (TPSA) is 48.0 Å². The number of benzene rings is 2. The highest BCUT2D eigenvalue weighted by atomic mass is 16.6. The molecule has 0 aliphatic heterocycles. The van der Waals surface area contributed by atoms with Gasteiger partial charge in [0, 0.05) is 20.2 Å². The molecule has 0 heterocycles. The average molecular weight is 398 g/mol. The number of hydrogen-bond donors (Lipinski definition) is 0. The molecular formula is C24H31NO4. The van der Waals surface area contributed by atoms with Crippen LogP contribution >= 0.6 is 0 Å². The largest absolute Gasteiger partial charge is 0.489 e. The van der Waals surface area contributed by atoms with Crippen molar-refractivity contribution in [3.63, 3.8) is 0 Å². The second kappa shape index (κ2) is 10.7. The van der Waals surface area contributed by atoms with Crippen molar-refractivity contribution < 1.29 is 19.0 Å². The maximum atomic E-state index is 12.6. The molecule has 0 fully saturated rings. The second-order valence-corrected chi connectivity index (χ2v) is 7.78. The van der Waals surface area contributed by atoms with Crippen LogP contribution in [0.1, 0.15) is 37.5 Å². The molecule has 0 bridgehead atoms. The van der Waals surface area contributed by atoms with Crippen molar-refractivity contribution in [3.8, 4) is 5.75 Å². The Balaban J connectivity index is 2.16. The van der Waals surface area contributed by atoms with Crippen molar-refractivity contribution in [2.75, 3.05) is 20.3 Å². The summed E-state index contributed by atoms with van der Waals surface area (Å²) < 4.78 is 16.7. The third-order valence-electron chi connectivity index (χ3n) is 4.06. The lowest BCUT2D eigenvalue weighted by Crippen LogP contribution is -2.38. The number of amides is 1. The Morgan fingerprint density at radius 3 is 2.45 bits per heavy atom. The average Bonchev–Trinajstić information content (AvgIpc) is 2.68. The highest BCUT2D eigenvalue weighted by Gasteiger charge is 2.22. The molecule has 156 valence electrons. The Bertz CT molecular complexity index is 796. The fourth-order valence-electron chi connectivity index (χ4n) is 2.70. The van der Waals surface area contributed by atoms with E-state index < -0.39 is 5.60 Å². The molecule has 2 rings (SSSR count). The fourth-order valence-corrected chi connectivity index (χ4v) is 2.70. The monoisotopic (exact) mass is 397 g/mol. The van der Waals surface area contributed by atoms with Crippen LogP contribution < -0.4 is 4.74 Å². The van der Waals surface area contributed by atoms with Crippen molar-refractivity contribution in [1.29, 1.82) is 0 Å². The summed E-state index contributed by atoms with van der Waals surface area (Å²) in [6.07, 6.45) is 1.40. The number of ether oxygens (including phenoxy) is 3. The Labute approximate surface area is 173 Å². The predicted octanol–water partition coefficient (Wildman–Crippen LogP) is 5.29. The minimum absolute atomic E-state index is 0.370. The van der Waals surface area contributed by atoms with Gasteiger partial charge in [0.1, 0.15) is 18.0 Å². The number of rotatable bonds is 9. The molecule has 0 aliphatic carbocycles. The fraction of sp³-hybridized carbons (Fsp3) is 0.375. The lowest BCUT2D eigenvalue weighted by molar-refractivity contribution is 0.0183. The molecule has 0 saturated heterocycles. The van der Waals surface area contributed by atoms with E-state index in [-0.39, 0.29) is 6.09 Å². The van der Waals surface area contributed by atoms with Crippen LogP contribution in [0.25, 0.3) is 6.08 Å². The van der Waals surface area contributed by atoms with Crippen LogP contribution in [0.2, 0.25) is 0 Å². The lowest BCUT2D eigenvalue weighted by atomic mass is 10.1. The minimum atomic E-state index is -0.560. The Kier molecular flexibility index (Phi) is 8.28. The Hall–Kier alpha value is -2.79. The smallest absolute Gasteiger partial charge is 0.410 e. The number of nitrogens with zero attached hydrogens (tertiary/aromatic N) is 1. The van der Waals surface area contributed by atoms with Gasteiger partial charge in [0.15, 0.2) is 0 Å². The van der Waals surface area contributed by atoms with Gasteiger partial charge in [-0.1, -0.05) is 43.0 Å². The standard InChI is InChI=1S/C24H31NO4/c1-6-19-14-21(16-22(15-19)28-18-20-10-8-7-9-11-20)17-25(12-13-27-5)23(26)29-24(2,3)4/h6-11,14-16H,1,12-13,17-18H2,2-5H3. The van der Waals surface area contributed by atoms with Gasteiger partial charge in [-0.05, 0) is 55.7 Å². The van der Waals surface area contributed by atoms with Crippen LogP contribution in [-0.4, -0.2) is 36.9 Å². The normalized spacial score (nSPS) is 11.0. The van der Waals surface area contributed by atoms with Crippen LogP contribution in [-0.2, 0) is 22.6 Å². The molecule has 0 radical (unpaired) electrons. The summed E-state index contributed by atoms with van der Waals surface area (Å²) in [5, 5.41) is 0. The van der Waals surface area contributed by atoms with Crippen LogP contribution in [0.3, 0.4) is 0 Å². The predicted molar refractivity (Wildman–Crippen MR) is 116 cm³/mol. The van der Waals surface area contributed by atoms with E-state index >= 15 is 0 Å². The van der Waals surface area contributed by atoms with E-state index in [0.717, 1.165) is 22.4 Å². The summed E-state index contributed by atoms with van der Waals surface area (Å²) in [5.74, 6) is 0.733. The molecule has 5 nitrogen and oxygen atoms in total. The van der Waals surface area contributed by atoms with Gasteiger partial charge in [-0.3, -0.25) is 0 Å². The Morgan fingerprint density at radius 2 is 1.83 bits per heavy atom. The van der Waals surface area contributed by atoms with Crippen LogP contribution in [0.5, 0.6) is 5.75 Å². The molecule has 0 unspecified atom stereocenters. The Morgan fingerprint density at radius 1 is 1.10 bits per heavy atom. The van der Waals surface area contributed by atoms with Crippen molar-refractivity contribution in [2.45, 2.75) is 39.5 Å². The van der Waals surface area contributed by atoms with Gasteiger partial charge in [-0.2, -0.15) is 0 Å². The van der Waals surface area contributed by atoms with Gasteiger partial charge in [0.05, 0.1) is 6.61 Å². The number of carbonyl (C=O) groups is 1. The van der Waals surface area contributed by atoms with Gasteiger partial charge in [0.2, 0.25) is 0 Å². The van der Waals surface area contributed by atoms with Crippen molar-refractivity contribution in [2.24, 2.45) is 0 Å². The number of carbonyl (C=O) groups excluding carboxylic acids is 1. The van der Waals surface area contributed by atoms with Gasteiger partial charge in [-0.15, -0.1) is 0 Å². The van der Waals surface area contributed by atoms with E-state index in [1.165, 1.54) is 0 Å². The molecule has 2 aromatic rings. The van der Waals surface area contributed by atoms with E-state index in [0.29, 0.717) is 26.3 Å². The summed E-state index contributed by atoms with van der Waals surface area (Å²) >= 11 is 0. The van der Waals surface area contributed by atoms with Crippen LogP contribution in [0.4, 0.5) is 4.79 Å². The molecule has 0 saturated carbocycles. The third kappa shape index (κ3) is 8.00. The quantitative estimate of drug-likeness (QED) is 0.577. The zero-order valence-electron chi connectivity index (χ0n) is 17.8. The summed E-state index contributed by atoms with van der Waals surface area (Å²) in [7, 11) is 1.61. The van der Waals surface area contributed by atoms with Crippen molar-refractivity contribution in [3.05, 3.63) is 71.8 Å². The molecule has 2 aromatic carbocycles. The SMILES string of the molecule is C=Cc1cc(CN(CCOC)C(=O)OC(C)(C)C)cc(OCc2ccccc2)c1. The number of hydrogen-bond acceptors (Lipinski definition) is 4. The summed E-state index contributed by atoms with van der Waals surface area (Å²) in [6, 6.07) is 15.9. The summed E-state index contributed by atoms with van der Waals surface area (Å²) in [5.41, 5.74) is 2.40. The van der Waals surface area contributed by atoms with Crippen LogP contribution in [0, 0.1) is 0 Å². The molecule has 0 spiro atoms. The van der Waals surface area contributed by atoms with Crippen molar-refractivity contribution >= 4 is 12.2 Å². The zero-order chi connectivity index (χ0) is 21.3. The van der Waals surface area contributed by atoms with Gasteiger partial charge in [-0.25, -0.2) is 4.79 Å². The maximum Gasteiger partial charge on any atom is 0.410 e. The molecule has 5 heteroatoms. The first-order chi connectivity index (χ1) is 13.8. The first kappa shape index (κ1) is 22.5. The maximum absolute atomic E-state index is 12.6. The first-order valence-electron chi connectivity index (χ1n) is 9.70. The molecule has 29 heavy (non-hydrogen) atoms.